The van der Waals surface area contributed by atoms with Gasteiger partial charge in [0.2, 0.25) is 0 Å². The Labute approximate surface area is 107 Å². The van der Waals surface area contributed by atoms with E-state index in [1.807, 2.05) is 11.0 Å². The number of aliphatic hydroxyl groups is 1. The number of hydrogen-bond donors (Lipinski definition) is 1. The highest BCUT2D eigenvalue weighted by Crippen LogP contribution is 2.26. The molecule has 94 valence electrons. The summed E-state index contributed by atoms with van der Waals surface area (Å²) in [6, 6.07) is 5.22. The van der Waals surface area contributed by atoms with Crippen LogP contribution in [0.5, 0.6) is 0 Å². The molecule has 0 saturated carbocycles. The molecule has 0 unspecified atom stereocenters. The second-order valence-electron chi connectivity index (χ2n) is 3.89. The summed E-state index contributed by atoms with van der Waals surface area (Å²) in [7, 11) is 0. The van der Waals surface area contributed by atoms with Gasteiger partial charge in [0.05, 0.1) is 17.3 Å². The van der Waals surface area contributed by atoms with Gasteiger partial charge in [0.25, 0.3) is 0 Å². The van der Waals surface area contributed by atoms with Gasteiger partial charge in [-0.25, -0.2) is 0 Å². The summed E-state index contributed by atoms with van der Waals surface area (Å²) in [4.78, 5) is 12.7. The second-order valence-corrected chi connectivity index (χ2v) is 4.30. The normalized spacial score (nSPS) is 10.3. The zero-order chi connectivity index (χ0) is 12.7. The first-order valence-electron chi connectivity index (χ1n) is 5.83. The van der Waals surface area contributed by atoms with Gasteiger partial charge in [0, 0.05) is 18.7 Å². The summed E-state index contributed by atoms with van der Waals surface area (Å²) in [6.45, 7) is 3.63. The quantitative estimate of drug-likeness (QED) is 0.762. The van der Waals surface area contributed by atoms with Crippen molar-refractivity contribution in [3.8, 4) is 0 Å². The monoisotopic (exact) mass is 255 g/mol. The number of nitrogens with zero attached hydrogens (tertiary/aromatic N) is 1. The van der Waals surface area contributed by atoms with Crippen molar-refractivity contribution in [3.05, 3.63) is 28.8 Å². The average molecular weight is 256 g/mol. The molecule has 0 saturated heterocycles. The highest BCUT2D eigenvalue weighted by Gasteiger charge is 2.09. The first-order chi connectivity index (χ1) is 8.22. The summed E-state index contributed by atoms with van der Waals surface area (Å²) in [5.41, 5.74) is 1.44. The van der Waals surface area contributed by atoms with Crippen LogP contribution in [0.15, 0.2) is 18.2 Å². The van der Waals surface area contributed by atoms with Crippen LogP contribution < -0.4 is 4.90 Å². The van der Waals surface area contributed by atoms with Crippen molar-refractivity contribution in [2.45, 2.75) is 19.8 Å². The maximum Gasteiger partial charge on any atom is 0.150 e. The molecule has 1 N–H and O–H groups in total. The number of carbonyl (C=O) groups is 1. The first kappa shape index (κ1) is 14.0. The van der Waals surface area contributed by atoms with Crippen molar-refractivity contribution in [2.24, 2.45) is 0 Å². The Morgan fingerprint density at radius 1 is 1.41 bits per heavy atom. The Bertz CT molecular complexity index is 368. The highest BCUT2D eigenvalue weighted by atomic mass is 35.5. The van der Waals surface area contributed by atoms with Gasteiger partial charge in [-0.1, -0.05) is 24.9 Å². The molecule has 0 amide bonds. The number of rotatable bonds is 7. The molecule has 0 spiro atoms. The molecule has 0 atom stereocenters. The van der Waals surface area contributed by atoms with E-state index >= 15 is 0 Å². The molecule has 0 aromatic heterocycles. The molecule has 1 rings (SSSR count). The van der Waals surface area contributed by atoms with Crippen LogP contribution in [0, 0.1) is 0 Å². The number of carbonyl (C=O) groups excluding carboxylic acids is 1. The zero-order valence-corrected chi connectivity index (χ0v) is 10.8. The number of benzene rings is 1. The van der Waals surface area contributed by atoms with E-state index in [1.165, 1.54) is 0 Å². The lowest BCUT2D eigenvalue weighted by molar-refractivity contribution is 0.112. The molecule has 0 bridgehead atoms. The molecule has 0 aliphatic rings. The first-order valence-corrected chi connectivity index (χ1v) is 6.21. The average Bonchev–Trinajstić information content (AvgIpc) is 2.34. The Balaban J connectivity index is 2.88. The lowest BCUT2D eigenvalue weighted by Crippen LogP contribution is -2.28. The molecule has 0 heterocycles. The van der Waals surface area contributed by atoms with Gasteiger partial charge in [-0.2, -0.15) is 0 Å². The predicted octanol–water partition coefficient (Wildman–Crippen LogP) is 2.75. The zero-order valence-electron chi connectivity index (χ0n) is 10.0. The van der Waals surface area contributed by atoms with Crippen LogP contribution in [0.25, 0.3) is 0 Å². The summed E-state index contributed by atoms with van der Waals surface area (Å²) in [5.74, 6) is 0. The molecule has 3 nitrogen and oxygen atoms in total. The van der Waals surface area contributed by atoms with Gasteiger partial charge in [0.15, 0.2) is 0 Å². The van der Waals surface area contributed by atoms with Crippen molar-refractivity contribution >= 4 is 23.6 Å². The summed E-state index contributed by atoms with van der Waals surface area (Å²) in [6.07, 6.45) is 2.91. The van der Waals surface area contributed by atoms with Crippen LogP contribution >= 0.6 is 11.6 Å². The van der Waals surface area contributed by atoms with E-state index in [2.05, 4.69) is 6.92 Å². The van der Waals surface area contributed by atoms with Crippen molar-refractivity contribution in [1.82, 2.24) is 0 Å². The van der Waals surface area contributed by atoms with Crippen molar-refractivity contribution in [3.63, 3.8) is 0 Å². The Kier molecular flexibility index (Phi) is 6.01. The van der Waals surface area contributed by atoms with Crippen LogP contribution in [0.1, 0.15) is 30.1 Å². The minimum absolute atomic E-state index is 0.0927. The number of aliphatic hydroxyl groups excluding tert-OH is 1. The Morgan fingerprint density at radius 2 is 2.18 bits per heavy atom. The van der Waals surface area contributed by atoms with E-state index in [0.29, 0.717) is 17.1 Å². The molecular weight excluding hydrogens is 238 g/mol. The van der Waals surface area contributed by atoms with Crippen molar-refractivity contribution in [2.75, 3.05) is 24.6 Å². The van der Waals surface area contributed by atoms with E-state index in [9.17, 15) is 4.79 Å². The molecule has 1 aromatic rings. The van der Waals surface area contributed by atoms with Gasteiger partial charge in [-0.05, 0) is 24.6 Å². The number of unbranched alkanes of at least 4 members (excludes halogenated alkanes) is 1. The van der Waals surface area contributed by atoms with E-state index in [0.717, 1.165) is 31.4 Å². The lowest BCUT2D eigenvalue weighted by atomic mass is 10.2. The largest absolute Gasteiger partial charge is 0.395 e. The fraction of sp³-hybridized carbons (Fsp3) is 0.462. The van der Waals surface area contributed by atoms with Crippen LogP contribution in [0.2, 0.25) is 5.02 Å². The van der Waals surface area contributed by atoms with Crippen molar-refractivity contribution in [1.29, 1.82) is 0 Å². The summed E-state index contributed by atoms with van der Waals surface area (Å²) in [5, 5.41) is 9.60. The maximum absolute atomic E-state index is 10.6. The third-order valence-electron chi connectivity index (χ3n) is 2.60. The molecular formula is C13H18ClNO2. The summed E-state index contributed by atoms with van der Waals surface area (Å²) >= 11 is 6.14. The van der Waals surface area contributed by atoms with E-state index < -0.39 is 0 Å². The van der Waals surface area contributed by atoms with Gasteiger partial charge in [-0.3, -0.25) is 4.79 Å². The van der Waals surface area contributed by atoms with Crippen LogP contribution in [-0.2, 0) is 0 Å². The third kappa shape index (κ3) is 4.02. The maximum atomic E-state index is 10.6. The minimum Gasteiger partial charge on any atom is -0.395 e. The molecule has 0 aliphatic heterocycles. The van der Waals surface area contributed by atoms with Gasteiger partial charge in [-0.15, -0.1) is 0 Å². The topological polar surface area (TPSA) is 40.5 Å². The van der Waals surface area contributed by atoms with Gasteiger partial charge >= 0.3 is 0 Å². The number of halogens is 1. The van der Waals surface area contributed by atoms with E-state index in [4.69, 9.17) is 16.7 Å². The molecule has 0 aliphatic carbocycles. The Morgan fingerprint density at radius 3 is 2.71 bits per heavy atom. The Hall–Kier alpha value is -1.06. The number of aldehydes is 1. The van der Waals surface area contributed by atoms with Crippen molar-refractivity contribution < 1.29 is 9.90 Å². The molecule has 0 fully saturated rings. The van der Waals surface area contributed by atoms with Crippen LogP contribution in [0.3, 0.4) is 0 Å². The molecule has 0 radical (unpaired) electrons. The lowest BCUT2D eigenvalue weighted by Gasteiger charge is -2.25. The standard InChI is InChI=1S/C13H18ClNO2/c1-2-3-6-15(7-8-16)13-5-4-11(10-17)9-12(13)14/h4-5,9-10,16H,2-3,6-8H2,1H3. The fourth-order valence-electron chi connectivity index (χ4n) is 1.68. The number of anilines is 1. The number of hydrogen-bond acceptors (Lipinski definition) is 3. The van der Waals surface area contributed by atoms with Gasteiger partial charge < -0.3 is 10.0 Å². The summed E-state index contributed by atoms with van der Waals surface area (Å²) < 4.78 is 0. The highest BCUT2D eigenvalue weighted by molar-refractivity contribution is 6.33. The van der Waals surface area contributed by atoms with E-state index in [1.54, 1.807) is 12.1 Å². The van der Waals surface area contributed by atoms with E-state index in [-0.39, 0.29) is 6.61 Å². The van der Waals surface area contributed by atoms with Crippen LogP contribution in [-0.4, -0.2) is 31.1 Å². The fourth-order valence-corrected chi connectivity index (χ4v) is 1.98. The molecule has 1 aromatic carbocycles. The van der Waals surface area contributed by atoms with Crippen LogP contribution in [0.4, 0.5) is 5.69 Å². The minimum atomic E-state index is 0.0927. The SMILES string of the molecule is CCCCN(CCO)c1ccc(C=O)cc1Cl. The molecule has 17 heavy (non-hydrogen) atoms. The molecule has 4 heteroatoms. The third-order valence-corrected chi connectivity index (χ3v) is 2.90. The second kappa shape index (κ2) is 7.30. The predicted molar refractivity (Wildman–Crippen MR) is 71.0 cm³/mol. The van der Waals surface area contributed by atoms with Gasteiger partial charge in [0.1, 0.15) is 6.29 Å². The smallest absolute Gasteiger partial charge is 0.150 e.